The summed E-state index contributed by atoms with van der Waals surface area (Å²) in [6.07, 6.45) is 2.81. The average Bonchev–Trinajstić information content (AvgIpc) is 3.29. The Morgan fingerprint density at radius 1 is 1.23 bits per heavy atom. The van der Waals surface area contributed by atoms with Crippen molar-refractivity contribution in [2.75, 3.05) is 5.32 Å². The summed E-state index contributed by atoms with van der Waals surface area (Å²) in [7, 11) is 0. The number of nitrogens with zero attached hydrogens (tertiary/aromatic N) is 4. The van der Waals surface area contributed by atoms with Crippen LogP contribution < -0.4 is 11.1 Å². The van der Waals surface area contributed by atoms with Crippen LogP contribution in [-0.4, -0.2) is 25.6 Å². The highest BCUT2D eigenvalue weighted by Crippen LogP contribution is 2.34. The zero-order valence-electron chi connectivity index (χ0n) is 17.1. The van der Waals surface area contributed by atoms with Crippen LogP contribution in [0.2, 0.25) is 5.02 Å². The Bertz CT molecular complexity index is 1070. The highest BCUT2D eigenvalue weighted by Gasteiger charge is 2.31. The van der Waals surface area contributed by atoms with Crippen molar-refractivity contribution in [1.82, 2.24) is 19.5 Å². The maximum absolute atomic E-state index is 13.2. The summed E-state index contributed by atoms with van der Waals surface area (Å²) in [5.41, 5.74) is 6.53. The van der Waals surface area contributed by atoms with E-state index in [1.807, 2.05) is 6.92 Å². The number of imidazole rings is 1. The van der Waals surface area contributed by atoms with Gasteiger partial charge in [-0.2, -0.15) is 13.2 Å². The van der Waals surface area contributed by atoms with E-state index in [0.29, 0.717) is 29.6 Å². The van der Waals surface area contributed by atoms with Crippen LogP contribution in [0.1, 0.15) is 44.0 Å². The van der Waals surface area contributed by atoms with Gasteiger partial charge in [-0.05, 0) is 31.0 Å². The molecule has 1 aromatic carbocycles. The molecule has 1 fully saturated rings. The topological polar surface area (TPSA) is 81.6 Å². The molecule has 1 aliphatic rings. The molecule has 0 aliphatic heterocycles. The quantitative estimate of drug-likeness (QED) is 0.528. The van der Waals surface area contributed by atoms with Crippen molar-refractivity contribution in [3.63, 3.8) is 0 Å². The van der Waals surface area contributed by atoms with Crippen molar-refractivity contribution >= 4 is 34.4 Å². The third kappa shape index (κ3) is 5.10. The molecule has 3 N–H and O–H groups in total. The maximum Gasteiger partial charge on any atom is 0.416 e. The number of rotatable bonds is 6. The number of anilines is 2. The summed E-state index contributed by atoms with van der Waals surface area (Å²) in [4.78, 5) is 13.7. The Morgan fingerprint density at radius 2 is 1.97 bits per heavy atom. The van der Waals surface area contributed by atoms with Gasteiger partial charge in [0.2, 0.25) is 5.95 Å². The Hall–Kier alpha value is -2.39. The summed E-state index contributed by atoms with van der Waals surface area (Å²) in [6.45, 7) is 2.24. The summed E-state index contributed by atoms with van der Waals surface area (Å²) < 4.78 is 41.3. The number of benzene rings is 1. The molecule has 3 aromatic rings. The van der Waals surface area contributed by atoms with E-state index in [1.54, 1.807) is 10.8 Å². The van der Waals surface area contributed by atoms with E-state index in [9.17, 15) is 13.2 Å². The van der Waals surface area contributed by atoms with Crippen LogP contribution >= 0.6 is 11.6 Å². The molecule has 0 spiro atoms. The standard InChI is InChI=1S/C21H24ClF3N6/c1-12(26)11-31-19-17(10-27-18(30-19)6-13-4-2-3-5-13)29-20(31)28-16-8-14(21(23,24)25)7-15(22)9-16/h7-10,12-13H,2-6,11,26H2,1H3,(H,28,29). The molecular formula is C21H24ClF3N6. The van der Waals surface area contributed by atoms with Crippen LogP contribution in [0.5, 0.6) is 0 Å². The number of hydrogen-bond donors (Lipinski definition) is 2. The number of nitrogens with one attached hydrogen (secondary N) is 1. The molecule has 4 rings (SSSR count). The number of fused-ring (bicyclic) bond motifs is 1. The van der Waals surface area contributed by atoms with Crippen LogP contribution in [0.15, 0.2) is 24.4 Å². The van der Waals surface area contributed by atoms with E-state index in [0.717, 1.165) is 24.4 Å². The SMILES string of the molecule is CC(N)Cn1c(Nc2cc(Cl)cc(C(F)(F)F)c2)nc2cnc(CC3CCCC3)nc21. The van der Waals surface area contributed by atoms with Gasteiger partial charge in [-0.25, -0.2) is 15.0 Å². The fourth-order valence-corrected chi connectivity index (χ4v) is 4.27. The van der Waals surface area contributed by atoms with Crippen molar-refractivity contribution in [3.8, 4) is 0 Å². The van der Waals surface area contributed by atoms with E-state index < -0.39 is 11.7 Å². The van der Waals surface area contributed by atoms with Crippen molar-refractivity contribution < 1.29 is 13.2 Å². The second kappa shape index (κ2) is 8.63. The van der Waals surface area contributed by atoms with Gasteiger partial charge in [0.15, 0.2) is 5.65 Å². The van der Waals surface area contributed by atoms with Gasteiger partial charge in [-0.3, -0.25) is 4.57 Å². The van der Waals surface area contributed by atoms with Gasteiger partial charge in [0.05, 0.1) is 11.8 Å². The average molecular weight is 453 g/mol. The number of aromatic nitrogens is 4. The molecule has 0 radical (unpaired) electrons. The van der Waals surface area contributed by atoms with Gasteiger partial charge in [0.25, 0.3) is 0 Å². The molecule has 1 aliphatic carbocycles. The lowest BCUT2D eigenvalue weighted by Crippen LogP contribution is -2.23. The minimum absolute atomic E-state index is 0.0224. The number of hydrogen-bond acceptors (Lipinski definition) is 5. The van der Waals surface area contributed by atoms with Gasteiger partial charge in [0, 0.05) is 29.7 Å². The first kappa shape index (κ1) is 21.8. The molecule has 2 heterocycles. The van der Waals surface area contributed by atoms with Crippen molar-refractivity contribution in [2.24, 2.45) is 11.7 Å². The lowest BCUT2D eigenvalue weighted by atomic mass is 10.0. The lowest BCUT2D eigenvalue weighted by Gasteiger charge is -2.14. The Kier molecular flexibility index (Phi) is 6.07. The smallest absolute Gasteiger partial charge is 0.326 e. The Morgan fingerprint density at radius 3 is 2.65 bits per heavy atom. The molecule has 1 saturated carbocycles. The first-order chi connectivity index (χ1) is 14.7. The van der Waals surface area contributed by atoms with Crippen molar-refractivity contribution in [1.29, 1.82) is 0 Å². The van der Waals surface area contributed by atoms with Crippen LogP contribution in [-0.2, 0) is 19.1 Å². The van der Waals surface area contributed by atoms with E-state index in [-0.39, 0.29) is 16.8 Å². The molecule has 0 amide bonds. The molecule has 31 heavy (non-hydrogen) atoms. The summed E-state index contributed by atoms with van der Waals surface area (Å²) >= 11 is 5.92. The zero-order valence-corrected chi connectivity index (χ0v) is 17.8. The van der Waals surface area contributed by atoms with Crippen molar-refractivity contribution in [3.05, 3.63) is 40.8 Å². The Balaban J connectivity index is 1.70. The maximum atomic E-state index is 13.2. The van der Waals surface area contributed by atoms with Gasteiger partial charge in [-0.15, -0.1) is 0 Å². The lowest BCUT2D eigenvalue weighted by molar-refractivity contribution is -0.137. The van der Waals surface area contributed by atoms with Gasteiger partial charge in [-0.1, -0.05) is 37.3 Å². The second-order valence-electron chi connectivity index (χ2n) is 8.22. The molecule has 6 nitrogen and oxygen atoms in total. The largest absolute Gasteiger partial charge is 0.416 e. The van der Waals surface area contributed by atoms with Crippen LogP contribution in [0, 0.1) is 5.92 Å². The fraction of sp³-hybridized carbons (Fsp3) is 0.476. The molecule has 0 bridgehead atoms. The van der Waals surface area contributed by atoms with Crippen LogP contribution in [0.4, 0.5) is 24.8 Å². The number of halogens is 4. The van der Waals surface area contributed by atoms with Crippen LogP contribution in [0.25, 0.3) is 11.2 Å². The van der Waals surface area contributed by atoms with E-state index in [1.165, 1.54) is 31.7 Å². The van der Waals surface area contributed by atoms with E-state index in [4.69, 9.17) is 22.3 Å². The molecule has 0 saturated heterocycles. The van der Waals surface area contributed by atoms with Gasteiger partial charge in [0.1, 0.15) is 11.3 Å². The normalized spacial score (nSPS) is 16.2. The highest BCUT2D eigenvalue weighted by atomic mass is 35.5. The third-order valence-corrected chi connectivity index (χ3v) is 5.65. The fourth-order valence-electron chi connectivity index (χ4n) is 4.04. The highest BCUT2D eigenvalue weighted by molar-refractivity contribution is 6.31. The predicted octanol–water partition coefficient (Wildman–Crippen LogP) is 5.32. The number of alkyl halides is 3. The number of nitrogens with two attached hydrogens (primary N) is 1. The second-order valence-corrected chi connectivity index (χ2v) is 8.66. The minimum Gasteiger partial charge on any atom is -0.326 e. The van der Waals surface area contributed by atoms with Crippen LogP contribution in [0.3, 0.4) is 0 Å². The molecule has 10 heteroatoms. The van der Waals surface area contributed by atoms with Crippen molar-refractivity contribution in [2.45, 2.75) is 57.8 Å². The summed E-state index contributed by atoms with van der Waals surface area (Å²) in [5, 5.41) is 2.93. The molecule has 1 unspecified atom stereocenters. The predicted molar refractivity (Wildman–Crippen MR) is 114 cm³/mol. The third-order valence-electron chi connectivity index (χ3n) is 5.44. The minimum atomic E-state index is -4.51. The van der Waals surface area contributed by atoms with Gasteiger partial charge < -0.3 is 11.1 Å². The Labute approximate surface area is 183 Å². The first-order valence-electron chi connectivity index (χ1n) is 10.3. The van der Waals surface area contributed by atoms with Gasteiger partial charge >= 0.3 is 6.18 Å². The molecule has 2 aromatic heterocycles. The van der Waals surface area contributed by atoms with E-state index >= 15 is 0 Å². The summed E-state index contributed by atoms with van der Waals surface area (Å²) in [6, 6.07) is 3.09. The van der Waals surface area contributed by atoms with E-state index in [2.05, 4.69) is 15.3 Å². The first-order valence-corrected chi connectivity index (χ1v) is 10.7. The zero-order chi connectivity index (χ0) is 22.2. The molecule has 166 valence electrons. The monoisotopic (exact) mass is 452 g/mol. The molecular weight excluding hydrogens is 429 g/mol. The molecule has 1 atom stereocenters. The summed E-state index contributed by atoms with van der Waals surface area (Å²) in [5.74, 6) is 1.68.